The molecule has 1 saturated heterocycles. The molecule has 0 aromatic heterocycles. The number of hydrogen-bond donors (Lipinski definition) is 1. The van der Waals surface area contributed by atoms with Crippen LogP contribution < -0.4 is 5.73 Å². The summed E-state index contributed by atoms with van der Waals surface area (Å²) in [4.78, 5) is 11.4. The summed E-state index contributed by atoms with van der Waals surface area (Å²) in [5.74, 6) is -0.535. The summed E-state index contributed by atoms with van der Waals surface area (Å²) in [7, 11) is 0. The van der Waals surface area contributed by atoms with Gasteiger partial charge in [-0.2, -0.15) is 0 Å². The zero-order chi connectivity index (χ0) is 10.5. The molecule has 0 aromatic rings. The number of ether oxygens (including phenoxy) is 2. The Labute approximate surface area is 83.7 Å². The van der Waals surface area contributed by atoms with Crippen LogP contribution >= 0.6 is 0 Å². The molecule has 80 valence electrons. The van der Waals surface area contributed by atoms with Crippen molar-refractivity contribution in [1.29, 1.82) is 0 Å². The van der Waals surface area contributed by atoms with Crippen LogP contribution in [-0.4, -0.2) is 29.8 Å². The maximum Gasteiger partial charge on any atom is 0.163 e. The van der Waals surface area contributed by atoms with Crippen molar-refractivity contribution in [2.75, 3.05) is 0 Å². The van der Waals surface area contributed by atoms with Gasteiger partial charge in [-0.25, -0.2) is 0 Å². The van der Waals surface area contributed by atoms with Crippen molar-refractivity contribution in [2.45, 2.75) is 51.2 Å². The molecular weight excluding hydrogens is 182 g/mol. The molecule has 4 atom stereocenters. The number of carbonyl (C=O) groups is 1. The van der Waals surface area contributed by atoms with Gasteiger partial charge in [0.1, 0.15) is 11.9 Å². The third-order valence-electron chi connectivity index (χ3n) is 3.03. The smallest absolute Gasteiger partial charge is 0.163 e. The molecule has 2 N–H and O–H groups in total. The molecule has 0 amide bonds. The lowest BCUT2D eigenvalue weighted by Crippen LogP contribution is -2.35. The van der Waals surface area contributed by atoms with Gasteiger partial charge in [0.2, 0.25) is 0 Å². The zero-order valence-corrected chi connectivity index (χ0v) is 8.82. The van der Waals surface area contributed by atoms with E-state index in [9.17, 15) is 4.79 Å². The van der Waals surface area contributed by atoms with Gasteiger partial charge < -0.3 is 15.2 Å². The van der Waals surface area contributed by atoms with Gasteiger partial charge in [0, 0.05) is 12.0 Å². The third kappa shape index (κ3) is 1.47. The summed E-state index contributed by atoms with van der Waals surface area (Å²) >= 11 is 0. The van der Waals surface area contributed by atoms with Gasteiger partial charge >= 0.3 is 0 Å². The average molecular weight is 199 g/mol. The second-order valence-electron chi connectivity index (χ2n) is 4.68. The van der Waals surface area contributed by atoms with E-state index in [1.54, 1.807) is 6.92 Å². The Kier molecular flexibility index (Phi) is 2.17. The van der Waals surface area contributed by atoms with Crippen LogP contribution in [0.4, 0.5) is 0 Å². The fourth-order valence-electron chi connectivity index (χ4n) is 2.42. The summed E-state index contributed by atoms with van der Waals surface area (Å²) < 4.78 is 11.4. The van der Waals surface area contributed by atoms with Crippen molar-refractivity contribution in [3.8, 4) is 0 Å². The normalized spacial score (nSPS) is 45.1. The minimum Gasteiger partial charge on any atom is -0.344 e. The Morgan fingerprint density at radius 2 is 1.93 bits per heavy atom. The van der Waals surface area contributed by atoms with E-state index in [2.05, 4.69) is 0 Å². The van der Waals surface area contributed by atoms with E-state index in [1.165, 1.54) is 0 Å². The first-order chi connectivity index (χ1) is 6.41. The van der Waals surface area contributed by atoms with Gasteiger partial charge in [-0.1, -0.05) is 0 Å². The third-order valence-corrected chi connectivity index (χ3v) is 3.03. The van der Waals surface area contributed by atoms with Gasteiger partial charge in [0.15, 0.2) is 5.79 Å². The molecule has 1 saturated carbocycles. The lowest BCUT2D eigenvalue weighted by molar-refractivity contribution is -0.160. The molecule has 2 fully saturated rings. The minimum atomic E-state index is -0.596. The molecule has 2 rings (SSSR count). The summed E-state index contributed by atoms with van der Waals surface area (Å²) in [6.45, 7) is 5.30. The van der Waals surface area contributed by atoms with Gasteiger partial charge in [0.05, 0.1) is 6.10 Å². The van der Waals surface area contributed by atoms with Crippen LogP contribution in [0.2, 0.25) is 0 Å². The predicted octanol–water partition coefficient (Wildman–Crippen LogP) is 0.443. The van der Waals surface area contributed by atoms with Crippen molar-refractivity contribution < 1.29 is 14.3 Å². The maximum absolute atomic E-state index is 11.4. The summed E-state index contributed by atoms with van der Waals surface area (Å²) in [6, 6.07) is -0.0734. The Morgan fingerprint density at radius 1 is 1.36 bits per heavy atom. The highest BCUT2D eigenvalue weighted by atomic mass is 16.8. The van der Waals surface area contributed by atoms with Crippen LogP contribution in [0, 0.1) is 5.92 Å². The number of fused-ring (bicyclic) bond motifs is 1. The van der Waals surface area contributed by atoms with Crippen LogP contribution in [0.3, 0.4) is 0 Å². The van der Waals surface area contributed by atoms with E-state index in [1.807, 2.05) is 13.8 Å². The van der Waals surface area contributed by atoms with Crippen molar-refractivity contribution >= 4 is 5.78 Å². The molecule has 2 aliphatic rings. The fraction of sp³-hybridized carbons (Fsp3) is 0.900. The van der Waals surface area contributed by atoms with Crippen molar-refractivity contribution in [2.24, 2.45) is 11.7 Å². The topological polar surface area (TPSA) is 61.6 Å². The van der Waals surface area contributed by atoms with Gasteiger partial charge in [-0.3, -0.25) is 4.79 Å². The first-order valence-electron chi connectivity index (χ1n) is 5.02. The first kappa shape index (κ1) is 10.1. The number of Topliss-reactive ketones (excluding diaryl/α,β-unsaturated/α-hetero) is 1. The Bertz CT molecular complexity index is 264. The maximum atomic E-state index is 11.4. The highest BCUT2D eigenvalue weighted by molar-refractivity contribution is 5.79. The van der Waals surface area contributed by atoms with Crippen molar-refractivity contribution in [3.63, 3.8) is 0 Å². The number of nitrogens with two attached hydrogens (primary N) is 1. The van der Waals surface area contributed by atoms with Crippen LogP contribution in [0.15, 0.2) is 0 Å². The number of ketones is 1. The average Bonchev–Trinajstić information content (AvgIpc) is 2.47. The molecule has 4 nitrogen and oxygen atoms in total. The molecule has 1 aliphatic carbocycles. The van der Waals surface area contributed by atoms with E-state index in [0.29, 0.717) is 6.42 Å². The predicted molar refractivity (Wildman–Crippen MR) is 50.6 cm³/mol. The lowest BCUT2D eigenvalue weighted by atomic mass is 10.0. The molecular formula is C10H17NO3. The van der Waals surface area contributed by atoms with E-state index < -0.39 is 5.79 Å². The summed E-state index contributed by atoms with van der Waals surface area (Å²) in [6.07, 6.45) is 0.428. The largest absolute Gasteiger partial charge is 0.344 e. The Balaban J connectivity index is 2.19. The summed E-state index contributed by atoms with van der Waals surface area (Å²) in [5, 5.41) is 0. The van der Waals surface area contributed by atoms with Crippen molar-refractivity contribution in [3.05, 3.63) is 0 Å². The number of carbonyl (C=O) groups excluding carboxylic acids is 1. The van der Waals surface area contributed by atoms with Crippen LogP contribution in [0.5, 0.6) is 0 Å². The molecule has 0 radical (unpaired) electrons. The molecule has 1 heterocycles. The minimum absolute atomic E-state index is 0.0734. The van der Waals surface area contributed by atoms with E-state index >= 15 is 0 Å². The standard InChI is InChI=1S/C10H17NO3/c1-5(12)6-4-7(11)9-8(6)13-10(2,3)14-9/h6-9H,4,11H2,1-3H3/t6-,7-,8-,9+/m1/s1. The van der Waals surface area contributed by atoms with Crippen LogP contribution in [-0.2, 0) is 14.3 Å². The fourth-order valence-corrected chi connectivity index (χ4v) is 2.42. The van der Waals surface area contributed by atoms with Crippen molar-refractivity contribution in [1.82, 2.24) is 0 Å². The Morgan fingerprint density at radius 3 is 2.50 bits per heavy atom. The molecule has 0 spiro atoms. The second-order valence-corrected chi connectivity index (χ2v) is 4.68. The van der Waals surface area contributed by atoms with E-state index in [0.717, 1.165) is 0 Å². The number of rotatable bonds is 1. The van der Waals surface area contributed by atoms with E-state index in [4.69, 9.17) is 15.2 Å². The van der Waals surface area contributed by atoms with Crippen LogP contribution in [0.25, 0.3) is 0 Å². The first-order valence-corrected chi connectivity index (χ1v) is 5.02. The SMILES string of the molecule is CC(=O)[C@H]1C[C@@H](N)[C@@H]2OC(C)(C)O[C@@H]21. The number of hydrogen-bond acceptors (Lipinski definition) is 4. The summed E-state index contributed by atoms with van der Waals surface area (Å²) in [5.41, 5.74) is 5.91. The van der Waals surface area contributed by atoms with Gasteiger partial charge in [0.25, 0.3) is 0 Å². The molecule has 0 bridgehead atoms. The molecule has 4 heteroatoms. The molecule has 14 heavy (non-hydrogen) atoms. The lowest BCUT2D eigenvalue weighted by Gasteiger charge is -2.21. The van der Waals surface area contributed by atoms with Gasteiger partial charge in [-0.15, -0.1) is 0 Å². The monoisotopic (exact) mass is 199 g/mol. The molecule has 1 aliphatic heterocycles. The Hall–Kier alpha value is -0.450. The highest BCUT2D eigenvalue weighted by Gasteiger charge is 2.54. The second kappa shape index (κ2) is 3.02. The highest BCUT2D eigenvalue weighted by Crippen LogP contribution is 2.41. The molecule has 0 unspecified atom stereocenters. The van der Waals surface area contributed by atoms with Gasteiger partial charge in [-0.05, 0) is 27.2 Å². The zero-order valence-electron chi connectivity index (χ0n) is 8.82. The van der Waals surface area contributed by atoms with E-state index in [-0.39, 0.29) is 30.0 Å². The van der Waals surface area contributed by atoms with Crippen LogP contribution in [0.1, 0.15) is 27.2 Å². The molecule has 0 aromatic carbocycles. The quantitative estimate of drug-likeness (QED) is 0.665.